The van der Waals surface area contributed by atoms with Gasteiger partial charge in [0.25, 0.3) is 0 Å². The molecule has 4 aromatic rings. The van der Waals surface area contributed by atoms with Crippen LogP contribution < -0.4 is 5.32 Å². The van der Waals surface area contributed by atoms with E-state index in [0.717, 1.165) is 13.0 Å². The van der Waals surface area contributed by atoms with Crippen molar-refractivity contribution in [2.75, 3.05) is 11.9 Å². The molecular formula is C32H29N. The zero-order valence-electron chi connectivity index (χ0n) is 18.6. The Hall–Kier alpha value is -3.84. The smallest absolute Gasteiger partial charge is 0.0714 e. The van der Waals surface area contributed by atoms with E-state index in [-0.39, 0.29) is 6.84 Å². The lowest BCUT2D eigenvalue weighted by molar-refractivity contribution is 0.692. The number of allylic oxidation sites excluding steroid dienone is 3. The summed E-state index contributed by atoms with van der Waals surface area (Å²) >= 11 is 0. The number of nitrogens with one attached hydrogen (secondary N) is 1. The fraction of sp³-hybridized carbons (Fsp3) is 0.125. The number of hydrogen-bond donors (Lipinski definition) is 1. The van der Waals surface area contributed by atoms with E-state index in [1.54, 1.807) is 0 Å². The molecule has 6 rings (SSSR count). The van der Waals surface area contributed by atoms with Gasteiger partial charge in [-0.15, -0.1) is 0 Å². The van der Waals surface area contributed by atoms with Crippen LogP contribution in [-0.2, 0) is 5.41 Å². The summed E-state index contributed by atoms with van der Waals surface area (Å²) in [6.07, 6.45) is 9.94. The molecule has 0 spiro atoms. The maximum Gasteiger partial charge on any atom is 0.0714 e. The van der Waals surface area contributed by atoms with Crippen molar-refractivity contribution in [3.8, 4) is 11.1 Å². The Morgan fingerprint density at radius 1 is 0.697 bits per heavy atom. The summed E-state index contributed by atoms with van der Waals surface area (Å²) in [5.41, 5.74) is 8.82. The number of fused-ring (bicyclic) bond motifs is 3. The van der Waals surface area contributed by atoms with Crippen LogP contribution in [0.2, 0.25) is 0 Å². The van der Waals surface area contributed by atoms with Gasteiger partial charge < -0.3 is 5.32 Å². The summed E-state index contributed by atoms with van der Waals surface area (Å²) in [6, 6.07) is 37.8. The minimum atomic E-state index is -0.334. The lowest BCUT2D eigenvalue weighted by Crippen LogP contribution is -2.28. The zero-order chi connectivity index (χ0) is 22.1. The molecule has 1 heteroatoms. The molecule has 0 fully saturated rings. The zero-order valence-corrected chi connectivity index (χ0v) is 18.6. The van der Waals surface area contributed by atoms with Gasteiger partial charge in [0.05, 0.1) is 5.41 Å². The van der Waals surface area contributed by atoms with Crippen molar-refractivity contribution in [3.63, 3.8) is 0 Å². The molecule has 0 bridgehead atoms. The molecule has 1 N–H and O–H groups in total. The van der Waals surface area contributed by atoms with E-state index in [1.807, 2.05) is 0 Å². The normalized spacial score (nSPS) is 17.4. The van der Waals surface area contributed by atoms with Crippen molar-refractivity contribution in [2.45, 2.75) is 11.8 Å². The maximum atomic E-state index is 3.73. The van der Waals surface area contributed by atoms with Crippen LogP contribution in [0.4, 0.5) is 5.69 Å². The highest BCUT2D eigenvalue weighted by molar-refractivity contribution is 5.87. The maximum absolute atomic E-state index is 3.73. The van der Waals surface area contributed by atoms with Gasteiger partial charge in [-0.25, -0.2) is 0 Å². The van der Waals surface area contributed by atoms with Crippen LogP contribution in [0, 0.1) is 5.92 Å². The number of hydrogen-bond acceptors (Lipinski definition) is 1. The molecule has 33 heavy (non-hydrogen) atoms. The molecule has 1 unspecified atom stereocenters. The summed E-state index contributed by atoms with van der Waals surface area (Å²) in [5.74, 6) is 0.536. The molecule has 0 radical (unpaired) electrons. The van der Waals surface area contributed by atoms with Crippen LogP contribution in [0.5, 0.6) is 0 Å². The van der Waals surface area contributed by atoms with Crippen LogP contribution >= 0.6 is 0 Å². The lowest BCUT2D eigenvalue weighted by Gasteiger charge is -2.34. The highest BCUT2D eigenvalue weighted by atomic mass is 14.9. The highest BCUT2D eigenvalue weighted by Crippen LogP contribution is 2.56. The standard InChI is InChI=1S/C32H27N.H2/c1-4-12-24(13-5-1)23-33-27-20-21-29-28-18-10-11-19-30(28)32(31(29)22-27,25-14-6-2-7-15-25)26-16-8-3-9-17-26;/h1-12,14-22,24,33H,13,23H2;1H. The minimum Gasteiger partial charge on any atom is -0.384 e. The van der Waals surface area contributed by atoms with Crippen LogP contribution in [0.3, 0.4) is 0 Å². The van der Waals surface area contributed by atoms with Gasteiger partial charge in [-0.3, -0.25) is 0 Å². The molecular weight excluding hydrogens is 398 g/mol. The monoisotopic (exact) mass is 427 g/mol. The lowest BCUT2D eigenvalue weighted by atomic mass is 9.67. The summed E-state index contributed by atoms with van der Waals surface area (Å²) < 4.78 is 0. The molecule has 1 atom stereocenters. The van der Waals surface area contributed by atoms with E-state index in [2.05, 4.69) is 133 Å². The van der Waals surface area contributed by atoms with Gasteiger partial charge in [0.1, 0.15) is 0 Å². The molecule has 0 amide bonds. The van der Waals surface area contributed by atoms with Gasteiger partial charge in [-0.2, -0.15) is 0 Å². The van der Waals surface area contributed by atoms with Gasteiger partial charge in [0.15, 0.2) is 0 Å². The average molecular weight is 428 g/mol. The molecule has 1 nitrogen and oxygen atoms in total. The van der Waals surface area contributed by atoms with Crippen molar-refractivity contribution in [1.29, 1.82) is 0 Å². The first-order valence-electron chi connectivity index (χ1n) is 11.8. The Kier molecular flexibility index (Phi) is 4.96. The largest absolute Gasteiger partial charge is 0.384 e. The first kappa shape index (κ1) is 19.8. The molecule has 4 aromatic carbocycles. The van der Waals surface area contributed by atoms with Crippen molar-refractivity contribution in [3.05, 3.63) is 150 Å². The van der Waals surface area contributed by atoms with E-state index >= 15 is 0 Å². The Morgan fingerprint density at radius 2 is 1.36 bits per heavy atom. The highest BCUT2D eigenvalue weighted by Gasteiger charge is 2.45. The van der Waals surface area contributed by atoms with Crippen molar-refractivity contribution in [1.82, 2.24) is 0 Å². The van der Waals surface area contributed by atoms with Crippen LogP contribution in [0.1, 0.15) is 30.1 Å². The first-order valence-corrected chi connectivity index (χ1v) is 11.8. The summed E-state index contributed by atoms with van der Waals surface area (Å²) in [6.45, 7) is 0.941. The predicted molar refractivity (Wildman–Crippen MR) is 141 cm³/mol. The SMILES string of the molecule is C1=CCC(CNc2ccc3c(c2)C(c2ccccc2)(c2ccccc2)c2ccccc2-3)C=C1.[HH]. The van der Waals surface area contributed by atoms with Crippen LogP contribution in [-0.4, -0.2) is 6.54 Å². The van der Waals surface area contributed by atoms with E-state index in [4.69, 9.17) is 0 Å². The third-order valence-electron chi connectivity index (χ3n) is 7.10. The topological polar surface area (TPSA) is 12.0 Å². The molecule has 162 valence electrons. The van der Waals surface area contributed by atoms with E-state index < -0.39 is 0 Å². The second-order valence-electron chi connectivity index (χ2n) is 8.98. The number of rotatable bonds is 5. The summed E-state index contributed by atoms with van der Waals surface area (Å²) in [5, 5.41) is 3.73. The summed E-state index contributed by atoms with van der Waals surface area (Å²) in [7, 11) is 0. The van der Waals surface area contributed by atoms with Crippen molar-refractivity contribution >= 4 is 5.69 Å². The minimum absolute atomic E-state index is 0. The van der Waals surface area contributed by atoms with Gasteiger partial charge in [-0.05, 0) is 57.9 Å². The fourth-order valence-electron chi connectivity index (χ4n) is 5.59. The average Bonchev–Trinajstić information content (AvgIpc) is 3.20. The van der Waals surface area contributed by atoms with Crippen LogP contribution in [0.25, 0.3) is 11.1 Å². The fourth-order valence-corrected chi connectivity index (χ4v) is 5.59. The second kappa shape index (κ2) is 8.26. The molecule has 2 aliphatic carbocycles. The van der Waals surface area contributed by atoms with Crippen LogP contribution in [0.15, 0.2) is 127 Å². The molecule has 0 aliphatic heterocycles. The molecule has 0 heterocycles. The number of benzene rings is 4. The second-order valence-corrected chi connectivity index (χ2v) is 8.98. The third-order valence-corrected chi connectivity index (χ3v) is 7.10. The molecule has 0 saturated heterocycles. The number of anilines is 1. The van der Waals surface area contributed by atoms with Gasteiger partial charge >= 0.3 is 0 Å². The quantitative estimate of drug-likeness (QED) is 0.301. The Balaban J connectivity index is 0.00000241. The predicted octanol–water partition coefficient (Wildman–Crippen LogP) is 7.84. The van der Waals surface area contributed by atoms with Gasteiger partial charge in [0, 0.05) is 13.7 Å². The van der Waals surface area contributed by atoms with Gasteiger partial charge in [-0.1, -0.05) is 115 Å². The molecule has 0 saturated carbocycles. The first-order chi connectivity index (χ1) is 16.4. The van der Waals surface area contributed by atoms with Crippen molar-refractivity contribution in [2.24, 2.45) is 5.92 Å². The Bertz CT molecular complexity index is 1300. The Morgan fingerprint density at radius 3 is 2.06 bits per heavy atom. The third kappa shape index (κ3) is 3.24. The Labute approximate surface area is 197 Å². The van der Waals surface area contributed by atoms with Crippen molar-refractivity contribution < 1.29 is 1.43 Å². The van der Waals surface area contributed by atoms with Gasteiger partial charge in [0.2, 0.25) is 0 Å². The summed E-state index contributed by atoms with van der Waals surface area (Å²) in [4.78, 5) is 0. The molecule has 0 aromatic heterocycles. The van der Waals surface area contributed by atoms with E-state index in [0.29, 0.717) is 5.92 Å². The molecule has 2 aliphatic rings. The van der Waals surface area contributed by atoms with E-state index in [9.17, 15) is 0 Å². The van der Waals surface area contributed by atoms with E-state index in [1.165, 1.54) is 39.1 Å².